The molecular weight excluding hydrogens is 580 g/mol. The lowest BCUT2D eigenvalue weighted by Gasteiger charge is -2.45. The molecule has 1 fully saturated rings. The van der Waals surface area contributed by atoms with E-state index in [0.29, 0.717) is 0 Å². The molecule has 0 radical (unpaired) electrons. The summed E-state index contributed by atoms with van der Waals surface area (Å²) in [4.78, 5) is 40.2. The summed E-state index contributed by atoms with van der Waals surface area (Å²) in [5.74, 6) is -2.05. The monoisotopic (exact) mass is 620 g/mol. The molecule has 1 aliphatic heterocycles. The largest absolute Gasteiger partial charge is 0.452 e. The minimum absolute atomic E-state index is 0.0157. The highest BCUT2D eigenvalue weighted by molar-refractivity contribution is 6.74. The highest BCUT2D eigenvalue weighted by Gasteiger charge is 2.53. The number of benzene rings is 3. The van der Waals surface area contributed by atoms with Crippen molar-refractivity contribution in [2.45, 2.75) is 69.6 Å². The van der Waals surface area contributed by atoms with E-state index in [1.807, 2.05) is 0 Å². The minimum atomic E-state index is -2.30. The molecule has 234 valence electrons. The molecule has 44 heavy (non-hydrogen) atoms. The quantitative estimate of drug-likeness (QED) is 0.152. The van der Waals surface area contributed by atoms with Gasteiger partial charge in [0.05, 0.1) is 23.3 Å². The molecule has 2 unspecified atom stereocenters. The Morgan fingerprint density at radius 1 is 0.659 bits per heavy atom. The second-order valence-corrected chi connectivity index (χ2v) is 16.9. The average Bonchev–Trinajstić information content (AvgIpc) is 3.02. The van der Waals surface area contributed by atoms with Crippen LogP contribution < -0.4 is 0 Å². The van der Waals surface area contributed by atoms with Crippen molar-refractivity contribution in [2.75, 3.05) is 13.7 Å². The zero-order valence-electron chi connectivity index (χ0n) is 25.9. The molecule has 9 nitrogen and oxygen atoms in total. The molecule has 1 heterocycles. The molecule has 0 N–H and O–H groups in total. The predicted molar refractivity (Wildman–Crippen MR) is 166 cm³/mol. The van der Waals surface area contributed by atoms with Crippen molar-refractivity contribution in [1.82, 2.24) is 0 Å². The number of methoxy groups -OCH3 is 1. The molecule has 3 aromatic carbocycles. The number of carbonyl (C=O) groups excluding carboxylic acids is 3. The van der Waals surface area contributed by atoms with E-state index in [-0.39, 0.29) is 28.3 Å². The van der Waals surface area contributed by atoms with Crippen LogP contribution in [0.1, 0.15) is 51.8 Å². The summed E-state index contributed by atoms with van der Waals surface area (Å²) in [6, 6.07) is 25.2. The molecule has 1 saturated heterocycles. The van der Waals surface area contributed by atoms with Crippen LogP contribution in [0.25, 0.3) is 0 Å². The predicted octanol–water partition coefficient (Wildman–Crippen LogP) is 6.06. The van der Waals surface area contributed by atoms with Gasteiger partial charge in [0.15, 0.2) is 32.9 Å². The summed E-state index contributed by atoms with van der Waals surface area (Å²) < 4.78 is 36.4. The van der Waals surface area contributed by atoms with Gasteiger partial charge in [0.1, 0.15) is 6.10 Å². The molecule has 0 amide bonds. The smallest absolute Gasteiger partial charge is 0.338 e. The fourth-order valence-corrected chi connectivity index (χ4v) is 5.42. The summed E-state index contributed by atoms with van der Waals surface area (Å²) in [5.41, 5.74) is 0.830. The molecular formula is C34H40O9Si. The van der Waals surface area contributed by atoms with E-state index in [2.05, 4.69) is 33.9 Å². The first-order valence-corrected chi connectivity index (χ1v) is 17.4. The van der Waals surface area contributed by atoms with E-state index in [9.17, 15) is 14.4 Å². The maximum absolute atomic E-state index is 13.5. The van der Waals surface area contributed by atoms with Gasteiger partial charge >= 0.3 is 17.9 Å². The van der Waals surface area contributed by atoms with Crippen molar-refractivity contribution >= 4 is 26.2 Å². The molecule has 10 heteroatoms. The van der Waals surface area contributed by atoms with E-state index in [1.54, 1.807) is 91.0 Å². The summed E-state index contributed by atoms with van der Waals surface area (Å²) in [6.45, 7) is 10.5. The fraction of sp³-hybridized carbons (Fsp3) is 0.382. The number of ether oxygens (including phenoxy) is 5. The SMILES string of the molecule is CO[C@H]1OC(CO[Si](C)(C)C(C)(C)C)[C@H](OC(=O)c2ccccc2)[C@@H](OC(=O)c2ccccc2)C1OC(=O)c1ccccc1. The number of esters is 3. The molecule has 1 aliphatic rings. The molecule has 0 spiro atoms. The van der Waals surface area contributed by atoms with Crippen molar-refractivity contribution < 1.29 is 42.5 Å². The lowest BCUT2D eigenvalue weighted by molar-refractivity contribution is -0.291. The van der Waals surface area contributed by atoms with Gasteiger partial charge in [-0.05, 0) is 54.5 Å². The third-order valence-corrected chi connectivity index (χ3v) is 12.5. The zero-order chi connectivity index (χ0) is 31.9. The van der Waals surface area contributed by atoms with Gasteiger partial charge in [0.25, 0.3) is 0 Å². The van der Waals surface area contributed by atoms with Gasteiger partial charge in [-0.25, -0.2) is 14.4 Å². The number of hydrogen-bond acceptors (Lipinski definition) is 9. The lowest BCUT2D eigenvalue weighted by Crippen LogP contribution is -2.63. The Balaban J connectivity index is 1.74. The van der Waals surface area contributed by atoms with Crippen molar-refractivity contribution in [1.29, 1.82) is 0 Å². The van der Waals surface area contributed by atoms with E-state index in [4.69, 9.17) is 28.1 Å². The number of carbonyl (C=O) groups is 3. The molecule has 0 aromatic heterocycles. The molecule has 3 aromatic rings. The first kappa shape index (κ1) is 33.1. The van der Waals surface area contributed by atoms with Gasteiger partial charge in [-0.1, -0.05) is 75.4 Å². The third kappa shape index (κ3) is 8.00. The zero-order valence-corrected chi connectivity index (χ0v) is 26.9. The molecule has 0 aliphatic carbocycles. The van der Waals surface area contributed by atoms with Crippen molar-refractivity contribution in [2.24, 2.45) is 0 Å². The Morgan fingerprint density at radius 3 is 1.43 bits per heavy atom. The standard InChI is InChI=1S/C34H40O9Si/c1-34(2,3)44(5,6)39-22-26-27(41-30(35)23-16-10-7-11-17-23)28(42-31(36)24-18-12-8-13-19-24)29(33(38-4)40-26)43-32(37)25-20-14-9-15-21-25/h7-21,26-29,33H,22H2,1-6H3/t26?,27-,28+,29?,33-/m0/s1. The number of rotatable bonds is 10. The van der Waals surface area contributed by atoms with Crippen LogP contribution in [-0.4, -0.2) is 70.6 Å². The molecule has 4 rings (SSSR count). The third-order valence-electron chi connectivity index (χ3n) is 8.00. The second-order valence-electron chi connectivity index (χ2n) is 12.1. The highest BCUT2D eigenvalue weighted by Crippen LogP contribution is 2.38. The summed E-state index contributed by atoms with van der Waals surface area (Å²) in [6.07, 6.45) is -5.93. The van der Waals surface area contributed by atoms with Gasteiger partial charge in [-0.3, -0.25) is 0 Å². The highest BCUT2D eigenvalue weighted by atomic mass is 28.4. The maximum Gasteiger partial charge on any atom is 0.338 e. The molecule has 5 atom stereocenters. The van der Waals surface area contributed by atoms with E-state index in [1.165, 1.54) is 7.11 Å². The normalized spacial score (nSPS) is 22.1. The summed E-state index contributed by atoms with van der Waals surface area (Å²) in [5, 5.41) is -0.120. The van der Waals surface area contributed by atoms with Gasteiger partial charge in [0, 0.05) is 7.11 Å². The van der Waals surface area contributed by atoms with Crippen LogP contribution in [0.5, 0.6) is 0 Å². The van der Waals surface area contributed by atoms with E-state index < -0.39 is 56.9 Å². The summed E-state index contributed by atoms with van der Waals surface area (Å²) >= 11 is 0. The van der Waals surface area contributed by atoms with Crippen LogP contribution in [0.15, 0.2) is 91.0 Å². The van der Waals surface area contributed by atoms with Crippen LogP contribution in [-0.2, 0) is 28.1 Å². The van der Waals surface area contributed by atoms with Crippen LogP contribution in [0.3, 0.4) is 0 Å². The number of hydrogen-bond donors (Lipinski definition) is 0. The first-order chi connectivity index (χ1) is 20.9. The maximum atomic E-state index is 13.5. The Kier molecular flexibility index (Phi) is 10.7. The van der Waals surface area contributed by atoms with Gasteiger partial charge < -0.3 is 28.1 Å². The Hall–Kier alpha value is -3.83. The van der Waals surface area contributed by atoms with Gasteiger partial charge in [0.2, 0.25) is 0 Å². The second kappa shape index (κ2) is 14.3. The summed E-state index contributed by atoms with van der Waals surface area (Å²) in [7, 11) is -0.908. The topological polar surface area (TPSA) is 107 Å². The lowest BCUT2D eigenvalue weighted by atomic mass is 9.97. The van der Waals surface area contributed by atoms with Crippen LogP contribution in [0.2, 0.25) is 18.1 Å². The van der Waals surface area contributed by atoms with Crippen molar-refractivity contribution in [3.8, 4) is 0 Å². The average molecular weight is 621 g/mol. The van der Waals surface area contributed by atoms with Crippen molar-refractivity contribution in [3.63, 3.8) is 0 Å². The van der Waals surface area contributed by atoms with Crippen LogP contribution >= 0.6 is 0 Å². The first-order valence-electron chi connectivity index (χ1n) is 14.5. The Morgan fingerprint density at radius 2 is 1.05 bits per heavy atom. The Labute approximate surface area is 259 Å². The van der Waals surface area contributed by atoms with Crippen molar-refractivity contribution in [3.05, 3.63) is 108 Å². The van der Waals surface area contributed by atoms with Crippen LogP contribution in [0, 0.1) is 0 Å². The molecule has 0 saturated carbocycles. The van der Waals surface area contributed by atoms with Gasteiger partial charge in [-0.15, -0.1) is 0 Å². The van der Waals surface area contributed by atoms with E-state index in [0.717, 1.165) is 0 Å². The van der Waals surface area contributed by atoms with E-state index >= 15 is 0 Å². The van der Waals surface area contributed by atoms with Crippen LogP contribution in [0.4, 0.5) is 0 Å². The minimum Gasteiger partial charge on any atom is -0.452 e. The van der Waals surface area contributed by atoms with Gasteiger partial charge in [-0.2, -0.15) is 0 Å². The molecule has 0 bridgehead atoms. The Bertz CT molecular complexity index is 1390. The fourth-order valence-electron chi connectivity index (χ4n) is 4.41.